The van der Waals surface area contributed by atoms with Crippen LogP contribution in [-0.4, -0.2) is 29.9 Å². The van der Waals surface area contributed by atoms with Crippen molar-refractivity contribution in [3.05, 3.63) is 57.0 Å². The Bertz CT molecular complexity index is 769. The summed E-state index contributed by atoms with van der Waals surface area (Å²) in [5.74, 6) is -0.447. The number of amides is 1. The van der Waals surface area contributed by atoms with Crippen LogP contribution in [0, 0.1) is 11.2 Å². The molecule has 0 bridgehead atoms. The number of carbonyl (C=O) groups is 1. The van der Waals surface area contributed by atoms with Gasteiger partial charge in [0.25, 0.3) is 0 Å². The molecule has 4 rings (SSSR count). The molecule has 26 heavy (non-hydrogen) atoms. The van der Waals surface area contributed by atoms with Crippen LogP contribution in [0.25, 0.3) is 0 Å². The molecule has 1 saturated carbocycles. The van der Waals surface area contributed by atoms with Gasteiger partial charge in [-0.1, -0.05) is 17.7 Å². The lowest BCUT2D eigenvalue weighted by Gasteiger charge is -2.30. The second-order valence-corrected chi connectivity index (χ2v) is 8.55. The van der Waals surface area contributed by atoms with Gasteiger partial charge in [-0.2, -0.15) is 11.3 Å². The van der Waals surface area contributed by atoms with Crippen LogP contribution in [-0.2, 0) is 17.8 Å². The second-order valence-electron chi connectivity index (χ2n) is 7.36. The van der Waals surface area contributed by atoms with Crippen molar-refractivity contribution in [1.29, 1.82) is 0 Å². The first-order valence-corrected chi connectivity index (χ1v) is 10.4. The molecule has 1 N–H and O–H groups in total. The fourth-order valence-corrected chi connectivity index (χ4v) is 5.02. The topological polar surface area (TPSA) is 32.3 Å². The molecule has 0 radical (unpaired) electrons. The number of benzene rings is 1. The Balaban J connectivity index is 1.55. The molecule has 1 atom stereocenters. The highest BCUT2D eigenvalue weighted by Gasteiger charge is 2.57. The molecule has 1 aromatic carbocycles. The number of thiophene rings is 1. The maximum Gasteiger partial charge on any atom is 0.227 e. The van der Waals surface area contributed by atoms with Crippen LogP contribution >= 0.6 is 22.9 Å². The molecule has 2 aliphatic rings. The molecule has 2 heterocycles. The predicted molar refractivity (Wildman–Crippen MR) is 103 cm³/mol. The van der Waals surface area contributed by atoms with Gasteiger partial charge in [0, 0.05) is 23.2 Å². The van der Waals surface area contributed by atoms with Crippen LogP contribution in [0.2, 0.25) is 5.02 Å². The quantitative estimate of drug-likeness (QED) is 0.824. The van der Waals surface area contributed by atoms with E-state index in [1.807, 2.05) is 10.3 Å². The average Bonchev–Trinajstić information content (AvgIpc) is 3.06. The van der Waals surface area contributed by atoms with Crippen molar-refractivity contribution in [3.8, 4) is 0 Å². The summed E-state index contributed by atoms with van der Waals surface area (Å²) in [5, 5.41) is 7.83. The van der Waals surface area contributed by atoms with Crippen LogP contribution in [0.15, 0.2) is 35.0 Å². The molecule has 1 spiro atoms. The lowest BCUT2D eigenvalue weighted by molar-refractivity contribution is -0.132. The molecule has 2 aromatic rings. The Morgan fingerprint density at radius 2 is 2.15 bits per heavy atom. The maximum absolute atomic E-state index is 14.2. The maximum atomic E-state index is 14.2. The average molecular weight is 393 g/mol. The van der Waals surface area contributed by atoms with Gasteiger partial charge in [0.1, 0.15) is 5.82 Å². The molecule has 3 nitrogen and oxygen atoms in total. The molecule has 1 amide bonds. The number of piperidine rings is 1. The molecule has 1 unspecified atom stereocenters. The number of rotatable bonds is 5. The Morgan fingerprint density at radius 1 is 1.35 bits per heavy atom. The van der Waals surface area contributed by atoms with Crippen molar-refractivity contribution in [2.24, 2.45) is 5.41 Å². The second kappa shape index (κ2) is 7.29. The first-order valence-electron chi connectivity index (χ1n) is 9.03. The molecule has 1 aliphatic heterocycles. The van der Waals surface area contributed by atoms with Gasteiger partial charge in [0.05, 0.1) is 6.42 Å². The van der Waals surface area contributed by atoms with E-state index in [1.165, 1.54) is 6.07 Å². The van der Waals surface area contributed by atoms with Crippen molar-refractivity contribution in [3.63, 3.8) is 0 Å². The van der Waals surface area contributed by atoms with Crippen molar-refractivity contribution in [2.75, 3.05) is 13.1 Å². The molecule has 1 saturated heterocycles. The van der Waals surface area contributed by atoms with Gasteiger partial charge in [0.2, 0.25) is 5.91 Å². The summed E-state index contributed by atoms with van der Waals surface area (Å²) in [5.41, 5.74) is 1.68. The Labute approximate surface area is 162 Å². The third-order valence-corrected chi connectivity index (χ3v) is 6.85. The normalized spacial score (nSPS) is 20.9. The minimum atomic E-state index is -0.409. The summed E-state index contributed by atoms with van der Waals surface area (Å²) in [6.07, 6.45) is 3.27. The zero-order valence-corrected chi connectivity index (χ0v) is 16.1. The number of nitrogens with one attached hydrogen (secondary N) is 1. The van der Waals surface area contributed by atoms with Crippen molar-refractivity contribution in [1.82, 2.24) is 10.2 Å². The van der Waals surface area contributed by atoms with Gasteiger partial charge < -0.3 is 10.2 Å². The molecule has 138 valence electrons. The Morgan fingerprint density at radius 3 is 2.85 bits per heavy atom. The van der Waals surface area contributed by atoms with Gasteiger partial charge >= 0.3 is 0 Å². The van der Waals surface area contributed by atoms with Gasteiger partial charge in [-0.05, 0) is 72.3 Å². The SMILES string of the molecule is O=C(Cc1c(F)cccc1Cl)N(Cc1ccsc1)C1CC12CCNCC2. The summed E-state index contributed by atoms with van der Waals surface area (Å²) in [4.78, 5) is 15.1. The minimum Gasteiger partial charge on any atom is -0.334 e. The standard InChI is InChI=1S/C20H22ClFN2OS/c21-16-2-1-3-17(22)15(16)10-19(25)24(12-14-4-9-26-13-14)18-11-20(18)5-7-23-8-6-20/h1-4,9,13,18,23H,5-8,10-12H2. The zero-order chi connectivity index (χ0) is 18.1. The molecule has 1 aromatic heterocycles. The predicted octanol–water partition coefficient (Wildman–Crippen LogP) is 4.25. The molecule has 6 heteroatoms. The summed E-state index contributed by atoms with van der Waals surface area (Å²) < 4.78 is 14.2. The Hall–Kier alpha value is -1.43. The lowest BCUT2D eigenvalue weighted by Crippen LogP contribution is -2.39. The van der Waals surface area contributed by atoms with Crippen molar-refractivity contribution < 1.29 is 9.18 Å². The molecular formula is C20H22ClFN2OS. The molecule has 2 fully saturated rings. The molecule has 1 aliphatic carbocycles. The highest BCUT2D eigenvalue weighted by Crippen LogP contribution is 2.56. The third-order valence-electron chi connectivity index (χ3n) is 5.77. The van der Waals surface area contributed by atoms with E-state index in [2.05, 4.69) is 16.8 Å². The van der Waals surface area contributed by atoms with E-state index in [0.717, 1.165) is 37.9 Å². The van der Waals surface area contributed by atoms with Gasteiger partial charge in [-0.25, -0.2) is 4.39 Å². The monoisotopic (exact) mass is 392 g/mol. The van der Waals surface area contributed by atoms with E-state index in [1.54, 1.807) is 23.5 Å². The fourth-order valence-electron chi connectivity index (χ4n) is 4.13. The third kappa shape index (κ3) is 3.53. The molecular weight excluding hydrogens is 371 g/mol. The fraction of sp³-hybridized carbons (Fsp3) is 0.450. The zero-order valence-electron chi connectivity index (χ0n) is 14.5. The number of nitrogens with zero attached hydrogens (tertiary/aromatic N) is 1. The lowest BCUT2D eigenvalue weighted by atomic mass is 9.93. The first-order chi connectivity index (χ1) is 12.6. The van der Waals surface area contributed by atoms with E-state index >= 15 is 0 Å². The van der Waals surface area contributed by atoms with E-state index in [-0.39, 0.29) is 23.8 Å². The number of halogens is 2. The summed E-state index contributed by atoms with van der Waals surface area (Å²) in [7, 11) is 0. The van der Waals surface area contributed by atoms with E-state index in [0.29, 0.717) is 17.1 Å². The summed E-state index contributed by atoms with van der Waals surface area (Å²) >= 11 is 7.77. The summed E-state index contributed by atoms with van der Waals surface area (Å²) in [6, 6.07) is 6.88. The van der Waals surface area contributed by atoms with Crippen LogP contribution in [0.1, 0.15) is 30.4 Å². The first kappa shape index (κ1) is 18.0. The number of carbonyl (C=O) groups excluding carboxylic acids is 1. The summed E-state index contributed by atoms with van der Waals surface area (Å²) in [6.45, 7) is 2.61. The van der Waals surface area contributed by atoms with Crippen LogP contribution in [0.5, 0.6) is 0 Å². The van der Waals surface area contributed by atoms with Gasteiger partial charge in [0.15, 0.2) is 0 Å². The highest BCUT2D eigenvalue weighted by atomic mass is 35.5. The van der Waals surface area contributed by atoms with Crippen molar-refractivity contribution in [2.45, 2.75) is 38.3 Å². The smallest absolute Gasteiger partial charge is 0.227 e. The van der Waals surface area contributed by atoms with Crippen molar-refractivity contribution >= 4 is 28.8 Å². The van der Waals surface area contributed by atoms with Gasteiger partial charge in [-0.15, -0.1) is 0 Å². The van der Waals surface area contributed by atoms with Crippen LogP contribution in [0.3, 0.4) is 0 Å². The minimum absolute atomic E-state index is 0.0144. The number of hydrogen-bond acceptors (Lipinski definition) is 3. The number of hydrogen-bond donors (Lipinski definition) is 1. The van der Waals surface area contributed by atoms with Crippen LogP contribution in [0.4, 0.5) is 4.39 Å². The largest absolute Gasteiger partial charge is 0.334 e. The van der Waals surface area contributed by atoms with E-state index in [9.17, 15) is 9.18 Å². The van der Waals surface area contributed by atoms with Gasteiger partial charge in [-0.3, -0.25) is 4.79 Å². The van der Waals surface area contributed by atoms with Crippen LogP contribution < -0.4 is 5.32 Å². The van der Waals surface area contributed by atoms with E-state index < -0.39 is 5.82 Å². The Kier molecular flexibility index (Phi) is 5.04. The highest BCUT2D eigenvalue weighted by molar-refractivity contribution is 7.07. The van der Waals surface area contributed by atoms with E-state index in [4.69, 9.17) is 11.6 Å².